The zero-order chi connectivity index (χ0) is 24.4. The van der Waals surface area contributed by atoms with Crippen LogP contribution >= 0.6 is 0 Å². The predicted molar refractivity (Wildman–Crippen MR) is 139 cm³/mol. The Morgan fingerprint density at radius 3 is 2.63 bits per heavy atom. The van der Waals surface area contributed by atoms with E-state index in [1.54, 1.807) is 31.1 Å². The highest BCUT2D eigenvalue weighted by Crippen LogP contribution is 2.33. The fraction of sp³-hybridized carbons (Fsp3) is 0.310. The average molecular weight is 470 g/mol. The molecule has 35 heavy (non-hydrogen) atoms. The lowest BCUT2D eigenvalue weighted by Crippen LogP contribution is -2.29. The Kier molecular flexibility index (Phi) is 6.45. The number of aryl methyl sites for hydroxylation is 2. The molecule has 6 heteroatoms. The number of anilines is 1. The lowest BCUT2D eigenvalue weighted by atomic mass is 10.0. The van der Waals surface area contributed by atoms with Crippen molar-refractivity contribution in [3.8, 4) is 28.2 Å². The van der Waals surface area contributed by atoms with Crippen molar-refractivity contribution in [2.75, 3.05) is 25.1 Å². The van der Waals surface area contributed by atoms with E-state index in [0.717, 1.165) is 41.2 Å². The van der Waals surface area contributed by atoms with E-state index in [2.05, 4.69) is 28.9 Å². The number of oxazole rings is 1. The highest BCUT2D eigenvalue weighted by atomic mass is 16.5. The van der Waals surface area contributed by atoms with Crippen LogP contribution in [0.3, 0.4) is 0 Å². The first-order chi connectivity index (χ1) is 17.0. The van der Waals surface area contributed by atoms with Gasteiger partial charge in [0, 0.05) is 49.6 Å². The molecule has 1 fully saturated rings. The number of hydrogen-bond donors (Lipinski definition) is 0. The van der Waals surface area contributed by atoms with Gasteiger partial charge in [0.15, 0.2) is 11.7 Å². The molecule has 4 aromatic rings. The minimum absolute atomic E-state index is 0.0130. The summed E-state index contributed by atoms with van der Waals surface area (Å²) < 4.78 is 13.2. The summed E-state index contributed by atoms with van der Waals surface area (Å²) in [6.07, 6.45) is 7.77. The van der Waals surface area contributed by atoms with Crippen LogP contribution in [0, 0.1) is 6.92 Å². The summed E-state index contributed by atoms with van der Waals surface area (Å²) in [5, 5.41) is 0. The first-order valence-electron chi connectivity index (χ1n) is 12.2. The zero-order valence-electron chi connectivity index (χ0n) is 20.6. The molecule has 3 heterocycles. The third kappa shape index (κ3) is 4.87. The van der Waals surface area contributed by atoms with Crippen molar-refractivity contribution in [1.82, 2.24) is 9.55 Å². The Balaban J connectivity index is 1.53. The highest BCUT2D eigenvalue weighted by molar-refractivity contribution is 5.76. The molecule has 0 spiro atoms. The lowest BCUT2D eigenvalue weighted by molar-refractivity contribution is 0.414. The lowest BCUT2D eigenvalue weighted by Gasteiger charge is -2.29. The van der Waals surface area contributed by atoms with Gasteiger partial charge in [-0.15, -0.1) is 0 Å². The first-order valence-corrected chi connectivity index (χ1v) is 12.2. The number of aromatic nitrogens is 2. The maximum Gasteiger partial charge on any atom is 0.258 e. The van der Waals surface area contributed by atoms with Crippen molar-refractivity contribution in [2.24, 2.45) is 7.05 Å². The van der Waals surface area contributed by atoms with Crippen LogP contribution in [0.1, 0.15) is 36.3 Å². The number of methoxy groups -OCH3 is 1. The minimum Gasteiger partial charge on any atom is -0.497 e. The van der Waals surface area contributed by atoms with E-state index in [4.69, 9.17) is 9.15 Å². The van der Waals surface area contributed by atoms with E-state index in [0.29, 0.717) is 23.6 Å². The van der Waals surface area contributed by atoms with E-state index in [9.17, 15) is 4.79 Å². The third-order valence-electron chi connectivity index (χ3n) is 6.81. The Morgan fingerprint density at radius 1 is 1.03 bits per heavy atom. The predicted octanol–water partition coefficient (Wildman–Crippen LogP) is 5.61. The highest BCUT2D eigenvalue weighted by Gasteiger charge is 2.17. The maximum absolute atomic E-state index is 12.9. The van der Waals surface area contributed by atoms with Crippen LogP contribution in [0.15, 0.2) is 70.1 Å². The van der Waals surface area contributed by atoms with Crippen molar-refractivity contribution >= 4 is 5.69 Å². The molecule has 0 bridgehead atoms. The molecule has 0 saturated carbocycles. The molecule has 0 atom stereocenters. The van der Waals surface area contributed by atoms with Gasteiger partial charge in [-0.05, 0) is 85.3 Å². The second kappa shape index (κ2) is 9.82. The van der Waals surface area contributed by atoms with Gasteiger partial charge in [0.25, 0.3) is 5.56 Å². The molecule has 0 radical (unpaired) electrons. The molecule has 6 nitrogen and oxygen atoms in total. The minimum atomic E-state index is -0.0130. The van der Waals surface area contributed by atoms with Gasteiger partial charge in [0.1, 0.15) is 5.75 Å². The summed E-state index contributed by atoms with van der Waals surface area (Å²) >= 11 is 0. The Hall–Kier alpha value is -3.80. The monoisotopic (exact) mass is 469 g/mol. The van der Waals surface area contributed by atoms with E-state index in [-0.39, 0.29) is 5.56 Å². The van der Waals surface area contributed by atoms with Gasteiger partial charge >= 0.3 is 0 Å². The number of ether oxygens (including phenoxy) is 1. The first kappa shape index (κ1) is 23.0. The largest absolute Gasteiger partial charge is 0.497 e. The van der Waals surface area contributed by atoms with Crippen molar-refractivity contribution in [2.45, 2.75) is 32.6 Å². The quantitative estimate of drug-likeness (QED) is 0.368. The molecule has 2 aromatic heterocycles. The smallest absolute Gasteiger partial charge is 0.258 e. The topological polar surface area (TPSA) is 60.5 Å². The molecular formula is C29H31N3O3. The van der Waals surface area contributed by atoms with Crippen LogP contribution in [0.5, 0.6) is 5.75 Å². The van der Waals surface area contributed by atoms with Gasteiger partial charge < -0.3 is 18.6 Å². The molecule has 180 valence electrons. The van der Waals surface area contributed by atoms with Crippen LogP contribution < -0.4 is 15.2 Å². The SMILES string of the molecule is COc1ccc(C)c(Cc2ncc(-c3cc(-c4cccn(C)c4=O)cc(N4CCCCC4)c3)o2)c1. The summed E-state index contributed by atoms with van der Waals surface area (Å²) in [5.41, 5.74) is 5.89. The average Bonchev–Trinajstić information content (AvgIpc) is 3.36. The number of nitrogens with zero attached hydrogens (tertiary/aromatic N) is 3. The number of rotatable bonds is 6. The van der Waals surface area contributed by atoms with Gasteiger partial charge in [0.2, 0.25) is 0 Å². The van der Waals surface area contributed by atoms with E-state index >= 15 is 0 Å². The fourth-order valence-electron chi connectivity index (χ4n) is 4.71. The van der Waals surface area contributed by atoms with Crippen LogP contribution in [0.2, 0.25) is 0 Å². The standard InChI is InChI=1S/C29H31N3O3/c1-20-9-10-25(34-3)17-21(20)18-28-30-19-27(35-28)23-14-22(26-8-7-11-31(2)29(26)33)15-24(16-23)32-12-5-4-6-13-32/h7-11,14-17,19H,4-6,12-13,18H2,1-3H3. The molecular weight excluding hydrogens is 438 g/mol. The van der Waals surface area contributed by atoms with Crippen molar-refractivity contribution in [3.05, 3.63) is 88.3 Å². The van der Waals surface area contributed by atoms with Crippen LogP contribution in [0.25, 0.3) is 22.5 Å². The third-order valence-corrected chi connectivity index (χ3v) is 6.81. The second-order valence-corrected chi connectivity index (χ2v) is 9.24. The van der Waals surface area contributed by atoms with Gasteiger partial charge in [-0.1, -0.05) is 6.07 Å². The number of benzene rings is 2. The molecule has 5 rings (SSSR count). The van der Waals surface area contributed by atoms with Crippen LogP contribution in [-0.2, 0) is 13.5 Å². The normalized spacial score (nSPS) is 13.7. The summed E-state index contributed by atoms with van der Waals surface area (Å²) in [4.78, 5) is 19.9. The molecule has 0 N–H and O–H groups in total. The molecule has 0 aliphatic carbocycles. The molecule has 1 aliphatic rings. The summed E-state index contributed by atoms with van der Waals surface area (Å²) in [7, 11) is 3.45. The molecule has 1 aliphatic heterocycles. The molecule has 0 unspecified atom stereocenters. The van der Waals surface area contributed by atoms with Crippen molar-refractivity contribution < 1.29 is 9.15 Å². The van der Waals surface area contributed by atoms with Gasteiger partial charge in [0.05, 0.1) is 13.3 Å². The van der Waals surface area contributed by atoms with Crippen molar-refractivity contribution in [3.63, 3.8) is 0 Å². The van der Waals surface area contributed by atoms with E-state index in [1.165, 1.54) is 24.8 Å². The molecule has 0 amide bonds. The van der Waals surface area contributed by atoms with Crippen LogP contribution in [-0.4, -0.2) is 29.8 Å². The Morgan fingerprint density at radius 2 is 1.83 bits per heavy atom. The summed E-state index contributed by atoms with van der Waals surface area (Å²) in [6, 6.07) is 16.1. The Bertz CT molecular complexity index is 1400. The van der Waals surface area contributed by atoms with Gasteiger partial charge in [-0.25, -0.2) is 4.98 Å². The molecule has 2 aromatic carbocycles. The van der Waals surface area contributed by atoms with E-state index in [1.807, 2.05) is 36.4 Å². The summed E-state index contributed by atoms with van der Waals surface area (Å²) in [5.74, 6) is 2.17. The second-order valence-electron chi connectivity index (χ2n) is 9.24. The van der Waals surface area contributed by atoms with Gasteiger partial charge in [-0.2, -0.15) is 0 Å². The van der Waals surface area contributed by atoms with E-state index < -0.39 is 0 Å². The molecule has 1 saturated heterocycles. The fourth-order valence-corrected chi connectivity index (χ4v) is 4.71. The Labute approximate surface area is 205 Å². The maximum atomic E-state index is 12.9. The van der Waals surface area contributed by atoms with Gasteiger partial charge in [-0.3, -0.25) is 4.79 Å². The summed E-state index contributed by atoms with van der Waals surface area (Å²) in [6.45, 7) is 4.12. The zero-order valence-corrected chi connectivity index (χ0v) is 20.6. The number of piperidine rings is 1. The van der Waals surface area contributed by atoms with Crippen LogP contribution in [0.4, 0.5) is 5.69 Å². The van der Waals surface area contributed by atoms with Crippen molar-refractivity contribution in [1.29, 1.82) is 0 Å². The number of hydrogen-bond acceptors (Lipinski definition) is 5. The number of pyridine rings is 1.